The van der Waals surface area contributed by atoms with Crippen LogP contribution < -0.4 is 4.74 Å². The molecule has 0 N–H and O–H groups in total. The van der Waals surface area contributed by atoms with E-state index in [9.17, 15) is 0 Å². The minimum absolute atomic E-state index is 0.547. The molecule has 13 heavy (non-hydrogen) atoms. The van der Waals surface area contributed by atoms with Crippen molar-refractivity contribution < 1.29 is 4.74 Å². The highest BCUT2D eigenvalue weighted by atomic mass is 79.9. The number of benzene rings is 1. The lowest BCUT2D eigenvalue weighted by Gasteiger charge is -2.04. The molecule has 0 amide bonds. The van der Waals surface area contributed by atoms with Crippen LogP contribution in [-0.4, -0.2) is 7.11 Å². The molecule has 0 heterocycles. The Kier molecular flexibility index (Phi) is 3.78. The van der Waals surface area contributed by atoms with Crippen molar-refractivity contribution >= 4 is 15.9 Å². The van der Waals surface area contributed by atoms with E-state index in [0.717, 1.165) is 22.2 Å². The Hall–Kier alpha value is -1.01. The number of hydrogen-bond acceptors (Lipinski definition) is 2. The summed E-state index contributed by atoms with van der Waals surface area (Å²) in [6, 6.07) is 7.90. The number of aryl methyl sites for hydroxylation is 1. The van der Waals surface area contributed by atoms with Crippen LogP contribution in [0.3, 0.4) is 0 Å². The van der Waals surface area contributed by atoms with Gasteiger partial charge in [0, 0.05) is 10.9 Å². The van der Waals surface area contributed by atoms with Crippen LogP contribution in [0.25, 0.3) is 0 Å². The van der Waals surface area contributed by atoms with Gasteiger partial charge in [-0.2, -0.15) is 5.26 Å². The number of hydrogen-bond donors (Lipinski definition) is 0. The topological polar surface area (TPSA) is 33.0 Å². The standard InChI is InChI=1S/C10H10BrNO/c1-13-9-5-4-8(3-2-6-12)10(11)7-9/h4-5,7H,2-3H2,1H3. The molecular formula is C10H10BrNO. The van der Waals surface area contributed by atoms with E-state index in [4.69, 9.17) is 10.00 Å². The summed E-state index contributed by atoms with van der Waals surface area (Å²) >= 11 is 3.43. The molecule has 0 aromatic heterocycles. The zero-order valence-electron chi connectivity index (χ0n) is 7.38. The summed E-state index contributed by atoms with van der Waals surface area (Å²) in [5.41, 5.74) is 1.14. The summed E-state index contributed by atoms with van der Waals surface area (Å²) in [6.07, 6.45) is 1.33. The fourth-order valence-corrected chi connectivity index (χ4v) is 1.60. The van der Waals surface area contributed by atoms with Gasteiger partial charge in [-0.05, 0) is 24.1 Å². The fraction of sp³-hybridized carbons (Fsp3) is 0.300. The highest BCUT2D eigenvalue weighted by Gasteiger charge is 2.00. The first-order valence-corrected chi connectivity index (χ1v) is 4.76. The monoisotopic (exact) mass is 239 g/mol. The van der Waals surface area contributed by atoms with Crippen molar-refractivity contribution in [3.05, 3.63) is 28.2 Å². The number of rotatable bonds is 3. The minimum atomic E-state index is 0.547. The van der Waals surface area contributed by atoms with E-state index in [-0.39, 0.29) is 0 Å². The third-order valence-electron chi connectivity index (χ3n) is 1.77. The molecule has 0 fully saturated rings. The second kappa shape index (κ2) is 4.88. The van der Waals surface area contributed by atoms with Crippen molar-refractivity contribution in [3.63, 3.8) is 0 Å². The Morgan fingerprint density at radius 2 is 2.31 bits per heavy atom. The quantitative estimate of drug-likeness (QED) is 0.813. The van der Waals surface area contributed by atoms with Crippen LogP contribution in [0.4, 0.5) is 0 Å². The molecule has 0 bridgehead atoms. The van der Waals surface area contributed by atoms with Crippen molar-refractivity contribution in [1.82, 2.24) is 0 Å². The minimum Gasteiger partial charge on any atom is -0.497 e. The first kappa shape index (κ1) is 10.1. The Morgan fingerprint density at radius 1 is 1.54 bits per heavy atom. The number of methoxy groups -OCH3 is 1. The third kappa shape index (κ3) is 2.74. The summed E-state index contributed by atoms with van der Waals surface area (Å²) in [4.78, 5) is 0. The molecule has 2 nitrogen and oxygen atoms in total. The maximum atomic E-state index is 8.43. The van der Waals surface area contributed by atoms with Gasteiger partial charge in [0.25, 0.3) is 0 Å². The lowest BCUT2D eigenvalue weighted by atomic mass is 10.1. The van der Waals surface area contributed by atoms with Gasteiger partial charge >= 0.3 is 0 Å². The lowest BCUT2D eigenvalue weighted by Crippen LogP contribution is -1.88. The van der Waals surface area contributed by atoms with E-state index in [0.29, 0.717) is 6.42 Å². The van der Waals surface area contributed by atoms with E-state index in [1.807, 2.05) is 18.2 Å². The molecule has 0 atom stereocenters. The zero-order valence-corrected chi connectivity index (χ0v) is 8.97. The maximum Gasteiger partial charge on any atom is 0.120 e. The molecule has 0 spiro atoms. The molecule has 1 aromatic rings. The molecule has 3 heteroatoms. The predicted octanol–water partition coefficient (Wildman–Crippen LogP) is 2.91. The molecule has 1 aromatic carbocycles. The molecule has 1 rings (SSSR count). The predicted molar refractivity (Wildman–Crippen MR) is 54.6 cm³/mol. The van der Waals surface area contributed by atoms with Gasteiger partial charge in [0.15, 0.2) is 0 Å². The fourth-order valence-electron chi connectivity index (χ4n) is 1.05. The van der Waals surface area contributed by atoms with Crippen molar-refractivity contribution in [3.8, 4) is 11.8 Å². The first-order chi connectivity index (χ1) is 6.27. The zero-order chi connectivity index (χ0) is 9.68. The van der Waals surface area contributed by atoms with Gasteiger partial charge in [-0.25, -0.2) is 0 Å². The summed E-state index contributed by atoms with van der Waals surface area (Å²) < 4.78 is 6.06. The van der Waals surface area contributed by atoms with Gasteiger partial charge < -0.3 is 4.74 Å². The molecule has 0 saturated carbocycles. The van der Waals surface area contributed by atoms with E-state index in [1.165, 1.54) is 0 Å². The number of ether oxygens (including phenoxy) is 1. The van der Waals surface area contributed by atoms with E-state index >= 15 is 0 Å². The molecule has 0 unspecified atom stereocenters. The van der Waals surface area contributed by atoms with Crippen LogP contribution in [0, 0.1) is 11.3 Å². The van der Waals surface area contributed by atoms with Crippen LogP contribution in [-0.2, 0) is 6.42 Å². The largest absolute Gasteiger partial charge is 0.497 e. The third-order valence-corrected chi connectivity index (χ3v) is 2.50. The Labute approximate surface area is 86.3 Å². The number of nitriles is 1. The Morgan fingerprint density at radius 3 is 2.85 bits per heavy atom. The smallest absolute Gasteiger partial charge is 0.120 e. The molecular weight excluding hydrogens is 230 g/mol. The van der Waals surface area contributed by atoms with E-state index in [2.05, 4.69) is 22.0 Å². The second-order valence-corrected chi connectivity index (χ2v) is 3.47. The summed E-state index contributed by atoms with van der Waals surface area (Å²) in [7, 11) is 1.64. The normalized spacial score (nSPS) is 9.31. The molecule has 0 saturated heterocycles. The Bertz CT molecular complexity index is 330. The lowest BCUT2D eigenvalue weighted by molar-refractivity contribution is 0.414. The van der Waals surface area contributed by atoms with Crippen molar-refractivity contribution in [1.29, 1.82) is 5.26 Å². The van der Waals surface area contributed by atoms with Crippen LogP contribution in [0.5, 0.6) is 5.75 Å². The second-order valence-electron chi connectivity index (χ2n) is 2.62. The SMILES string of the molecule is COc1ccc(CCC#N)c(Br)c1. The van der Waals surface area contributed by atoms with Crippen molar-refractivity contribution in [2.45, 2.75) is 12.8 Å². The summed E-state index contributed by atoms with van der Waals surface area (Å²) in [5, 5.41) is 8.43. The van der Waals surface area contributed by atoms with E-state index < -0.39 is 0 Å². The molecule has 0 aliphatic carbocycles. The van der Waals surface area contributed by atoms with Crippen LogP contribution in [0.15, 0.2) is 22.7 Å². The molecule has 0 aliphatic heterocycles. The molecule has 0 radical (unpaired) electrons. The van der Waals surface area contributed by atoms with Crippen LogP contribution >= 0.6 is 15.9 Å². The van der Waals surface area contributed by atoms with Gasteiger partial charge in [-0.1, -0.05) is 22.0 Å². The number of nitrogens with zero attached hydrogens (tertiary/aromatic N) is 1. The summed E-state index contributed by atoms with van der Waals surface area (Å²) in [5.74, 6) is 0.826. The van der Waals surface area contributed by atoms with Crippen LogP contribution in [0.1, 0.15) is 12.0 Å². The van der Waals surface area contributed by atoms with Gasteiger partial charge in [0.1, 0.15) is 5.75 Å². The first-order valence-electron chi connectivity index (χ1n) is 3.97. The van der Waals surface area contributed by atoms with Crippen molar-refractivity contribution in [2.75, 3.05) is 7.11 Å². The Balaban J connectivity index is 2.80. The van der Waals surface area contributed by atoms with Gasteiger partial charge in [-0.3, -0.25) is 0 Å². The highest BCUT2D eigenvalue weighted by molar-refractivity contribution is 9.10. The average Bonchev–Trinajstić information content (AvgIpc) is 2.16. The van der Waals surface area contributed by atoms with Gasteiger partial charge in [0.05, 0.1) is 13.2 Å². The highest BCUT2D eigenvalue weighted by Crippen LogP contribution is 2.23. The summed E-state index contributed by atoms with van der Waals surface area (Å²) in [6.45, 7) is 0. The van der Waals surface area contributed by atoms with Gasteiger partial charge in [-0.15, -0.1) is 0 Å². The average molecular weight is 240 g/mol. The maximum absolute atomic E-state index is 8.43. The number of halogens is 1. The molecule has 68 valence electrons. The van der Waals surface area contributed by atoms with E-state index in [1.54, 1.807) is 7.11 Å². The van der Waals surface area contributed by atoms with Crippen LogP contribution in [0.2, 0.25) is 0 Å². The molecule has 0 aliphatic rings. The van der Waals surface area contributed by atoms with Crippen molar-refractivity contribution in [2.24, 2.45) is 0 Å². The van der Waals surface area contributed by atoms with Gasteiger partial charge in [0.2, 0.25) is 0 Å².